The van der Waals surface area contributed by atoms with Gasteiger partial charge in [0.1, 0.15) is 5.82 Å². The number of rotatable bonds is 2. The van der Waals surface area contributed by atoms with Gasteiger partial charge < -0.3 is 9.47 Å². The molecule has 1 fully saturated rings. The molecule has 2 aromatic carbocycles. The maximum atomic E-state index is 13.0. The van der Waals surface area contributed by atoms with Gasteiger partial charge in [0.15, 0.2) is 0 Å². The van der Waals surface area contributed by atoms with Gasteiger partial charge in [-0.1, -0.05) is 12.1 Å². The number of halogens is 4. The van der Waals surface area contributed by atoms with E-state index in [1.54, 1.807) is 6.07 Å². The standard InChI is InChI=1S/C21H19BrF3N3O/c1-13-26-18-12-14(21(23,24)25)6-7-19(18)28(13)15-8-10-27(11-9-15)20(29)16-4-2-3-5-17(16)22/h2-7,12,15H,8-11H2,1H3. The van der Waals surface area contributed by atoms with Crippen molar-refractivity contribution in [2.75, 3.05) is 13.1 Å². The Kier molecular flexibility index (Phi) is 5.14. The summed E-state index contributed by atoms with van der Waals surface area (Å²) in [6.45, 7) is 2.99. The van der Waals surface area contributed by atoms with E-state index in [1.165, 1.54) is 6.07 Å². The number of hydrogen-bond acceptors (Lipinski definition) is 2. The van der Waals surface area contributed by atoms with E-state index in [2.05, 4.69) is 20.9 Å². The number of carbonyl (C=O) groups is 1. The first-order valence-electron chi connectivity index (χ1n) is 9.35. The number of aromatic nitrogens is 2. The largest absolute Gasteiger partial charge is 0.416 e. The van der Waals surface area contributed by atoms with Crippen molar-refractivity contribution in [1.29, 1.82) is 0 Å². The molecule has 1 saturated heterocycles. The molecule has 2 heterocycles. The Morgan fingerprint density at radius 1 is 1.14 bits per heavy atom. The van der Waals surface area contributed by atoms with Gasteiger partial charge in [0.25, 0.3) is 5.91 Å². The van der Waals surface area contributed by atoms with Crippen molar-refractivity contribution in [3.05, 3.63) is 63.9 Å². The zero-order valence-corrected chi connectivity index (χ0v) is 17.3. The molecular weight excluding hydrogens is 447 g/mol. The number of likely N-dealkylation sites (tertiary alicyclic amines) is 1. The van der Waals surface area contributed by atoms with Crippen molar-refractivity contribution in [1.82, 2.24) is 14.5 Å². The van der Waals surface area contributed by atoms with E-state index >= 15 is 0 Å². The summed E-state index contributed by atoms with van der Waals surface area (Å²) in [5, 5.41) is 0. The van der Waals surface area contributed by atoms with Gasteiger partial charge in [-0.05, 0) is 66.0 Å². The molecule has 0 radical (unpaired) electrons. The van der Waals surface area contributed by atoms with E-state index in [9.17, 15) is 18.0 Å². The molecule has 1 aromatic heterocycles. The monoisotopic (exact) mass is 465 g/mol. The molecule has 4 nitrogen and oxygen atoms in total. The lowest BCUT2D eigenvalue weighted by Crippen LogP contribution is -2.39. The van der Waals surface area contributed by atoms with Crippen LogP contribution in [0.15, 0.2) is 46.9 Å². The van der Waals surface area contributed by atoms with Gasteiger partial charge in [0.05, 0.1) is 22.2 Å². The van der Waals surface area contributed by atoms with Crippen LogP contribution in [0.5, 0.6) is 0 Å². The Morgan fingerprint density at radius 3 is 2.48 bits per heavy atom. The molecule has 152 valence electrons. The SMILES string of the molecule is Cc1nc2cc(C(F)(F)F)ccc2n1C1CCN(C(=O)c2ccccc2Br)CC1. The summed E-state index contributed by atoms with van der Waals surface area (Å²) in [6, 6.07) is 11.1. The fourth-order valence-electron chi connectivity index (χ4n) is 3.99. The first-order valence-corrected chi connectivity index (χ1v) is 10.1. The lowest BCUT2D eigenvalue weighted by molar-refractivity contribution is -0.137. The zero-order chi connectivity index (χ0) is 20.8. The number of piperidine rings is 1. The minimum absolute atomic E-state index is 0.0158. The highest BCUT2D eigenvalue weighted by molar-refractivity contribution is 9.10. The van der Waals surface area contributed by atoms with Gasteiger partial charge in [-0.2, -0.15) is 13.2 Å². The second-order valence-corrected chi connectivity index (χ2v) is 8.09. The van der Waals surface area contributed by atoms with Crippen LogP contribution in [0.4, 0.5) is 13.2 Å². The van der Waals surface area contributed by atoms with Crippen molar-refractivity contribution >= 4 is 32.9 Å². The highest BCUT2D eigenvalue weighted by Gasteiger charge is 2.32. The third-order valence-electron chi connectivity index (χ3n) is 5.41. The molecule has 1 amide bonds. The first kappa shape index (κ1) is 19.9. The number of hydrogen-bond donors (Lipinski definition) is 0. The van der Waals surface area contributed by atoms with Crippen LogP contribution in [0.2, 0.25) is 0 Å². The summed E-state index contributed by atoms with van der Waals surface area (Å²) in [4.78, 5) is 19.0. The fourth-order valence-corrected chi connectivity index (χ4v) is 4.44. The number of benzene rings is 2. The van der Waals surface area contributed by atoms with Crippen molar-refractivity contribution in [2.24, 2.45) is 0 Å². The third-order valence-corrected chi connectivity index (χ3v) is 6.11. The van der Waals surface area contributed by atoms with E-state index in [4.69, 9.17) is 0 Å². The summed E-state index contributed by atoms with van der Waals surface area (Å²) in [6.07, 6.45) is -2.93. The molecule has 3 aromatic rings. The van der Waals surface area contributed by atoms with E-state index in [-0.39, 0.29) is 11.9 Å². The molecule has 4 rings (SSSR count). The van der Waals surface area contributed by atoms with Crippen LogP contribution in [0.1, 0.15) is 40.6 Å². The Balaban J connectivity index is 1.54. The van der Waals surface area contributed by atoms with Crippen molar-refractivity contribution in [3.63, 3.8) is 0 Å². The maximum absolute atomic E-state index is 13.0. The molecule has 1 aliphatic rings. The lowest BCUT2D eigenvalue weighted by atomic mass is 10.0. The summed E-state index contributed by atoms with van der Waals surface area (Å²) in [5.74, 6) is 0.674. The third kappa shape index (κ3) is 3.77. The second kappa shape index (κ2) is 7.48. The Hall–Kier alpha value is -2.35. The van der Waals surface area contributed by atoms with E-state index in [0.29, 0.717) is 35.5 Å². The molecule has 29 heavy (non-hydrogen) atoms. The van der Waals surface area contributed by atoms with Gasteiger partial charge in [-0.25, -0.2) is 4.98 Å². The van der Waals surface area contributed by atoms with Gasteiger partial charge >= 0.3 is 6.18 Å². The number of carbonyl (C=O) groups excluding carboxylic acids is 1. The molecular formula is C21H19BrF3N3O. The molecule has 0 bridgehead atoms. The molecule has 0 atom stereocenters. The Bertz CT molecular complexity index is 1070. The number of nitrogens with zero attached hydrogens (tertiary/aromatic N) is 3. The quantitative estimate of drug-likeness (QED) is 0.493. The number of fused-ring (bicyclic) bond motifs is 1. The molecule has 0 aliphatic carbocycles. The minimum Gasteiger partial charge on any atom is -0.338 e. The molecule has 8 heteroatoms. The minimum atomic E-state index is -4.39. The number of aryl methyl sites for hydroxylation is 1. The number of imidazole rings is 1. The summed E-state index contributed by atoms with van der Waals surface area (Å²) in [7, 11) is 0. The van der Waals surface area contributed by atoms with Crippen LogP contribution in [0.3, 0.4) is 0 Å². The summed E-state index contributed by atoms with van der Waals surface area (Å²) < 4.78 is 41.7. The van der Waals surface area contributed by atoms with Crippen LogP contribution in [0, 0.1) is 6.92 Å². The average Bonchev–Trinajstić information content (AvgIpc) is 3.02. The molecule has 1 aliphatic heterocycles. The average molecular weight is 466 g/mol. The normalized spacial score (nSPS) is 15.8. The van der Waals surface area contributed by atoms with Crippen molar-refractivity contribution in [3.8, 4) is 0 Å². The van der Waals surface area contributed by atoms with Gasteiger partial charge in [0, 0.05) is 23.6 Å². The van der Waals surface area contributed by atoms with Crippen LogP contribution < -0.4 is 0 Å². The first-order chi connectivity index (χ1) is 13.8. The number of alkyl halides is 3. The van der Waals surface area contributed by atoms with Crippen LogP contribution in [-0.2, 0) is 6.18 Å². The summed E-state index contributed by atoms with van der Waals surface area (Å²) in [5.41, 5.74) is 0.994. The van der Waals surface area contributed by atoms with Crippen LogP contribution in [0.25, 0.3) is 11.0 Å². The van der Waals surface area contributed by atoms with Gasteiger partial charge in [0.2, 0.25) is 0 Å². The predicted octanol–water partition coefficient (Wildman–Crippen LogP) is 5.60. The Morgan fingerprint density at radius 2 is 1.83 bits per heavy atom. The van der Waals surface area contributed by atoms with E-state index < -0.39 is 11.7 Å². The van der Waals surface area contributed by atoms with E-state index in [1.807, 2.05) is 34.6 Å². The van der Waals surface area contributed by atoms with E-state index in [0.717, 1.165) is 29.4 Å². The second-order valence-electron chi connectivity index (χ2n) is 7.23. The van der Waals surface area contributed by atoms with Crippen LogP contribution in [-0.4, -0.2) is 33.4 Å². The maximum Gasteiger partial charge on any atom is 0.416 e. The van der Waals surface area contributed by atoms with Crippen molar-refractivity contribution < 1.29 is 18.0 Å². The van der Waals surface area contributed by atoms with Crippen molar-refractivity contribution in [2.45, 2.75) is 32.0 Å². The molecule has 0 unspecified atom stereocenters. The highest BCUT2D eigenvalue weighted by Crippen LogP contribution is 2.34. The summed E-state index contributed by atoms with van der Waals surface area (Å²) >= 11 is 3.42. The van der Waals surface area contributed by atoms with Gasteiger partial charge in [-0.15, -0.1) is 0 Å². The lowest BCUT2D eigenvalue weighted by Gasteiger charge is -2.33. The van der Waals surface area contributed by atoms with Gasteiger partial charge in [-0.3, -0.25) is 4.79 Å². The molecule has 0 N–H and O–H groups in total. The highest BCUT2D eigenvalue weighted by atomic mass is 79.9. The Labute approximate surface area is 174 Å². The van der Waals surface area contributed by atoms with Crippen LogP contribution >= 0.6 is 15.9 Å². The molecule has 0 saturated carbocycles. The topological polar surface area (TPSA) is 38.1 Å². The molecule has 0 spiro atoms. The smallest absolute Gasteiger partial charge is 0.338 e. The number of amides is 1. The zero-order valence-electron chi connectivity index (χ0n) is 15.7. The predicted molar refractivity (Wildman–Crippen MR) is 108 cm³/mol. The fraction of sp³-hybridized carbons (Fsp3) is 0.333.